The number of anilines is 1. The van der Waals surface area contributed by atoms with Gasteiger partial charge in [-0.25, -0.2) is 9.97 Å². The Labute approximate surface area is 115 Å². The quantitative estimate of drug-likeness (QED) is 0.784. The Morgan fingerprint density at radius 1 is 1.10 bits per heavy atom. The monoisotopic (exact) mass is 268 g/mol. The lowest BCUT2D eigenvalue weighted by molar-refractivity contribution is 0.416. The molecule has 0 saturated heterocycles. The molecule has 0 radical (unpaired) electrons. The van der Waals surface area contributed by atoms with Crippen LogP contribution in [0.15, 0.2) is 47.2 Å². The van der Waals surface area contributed by atoms with Crippen LogP contribution in [0.5, 0.6) is 5.75 Å². The van der Waals surface area contributed by atoms with Crippen molar-refractivity contribution in [2.24, 2.45) is 0 Å². The Balaban J connectivity index is 2.22. The lowest BCUT2D eigenvalue weighted by atomic mass is 10.0. The summed E-state index contributed by atoms with van der Waals surface area (Å²) in [6, 6.07) is 9.22. The molecule has 100 valence electrons. The topological polar surface area (TPSA) is 87.1 Å². The van der Waals surface area contributed by atoms with E-state index in [4.69, 9.17) is 15.0 Å². The van der Waals surface area contributed by atoms with E-state index >= 15 is 0 Å². The van der Waals surface area contributed by atoms with Crippen LogP contribution in [0.25, 0.3) is 22.7 Å². The smallest absolute Gasteiger partial charge is 0.214 e. The summed E-state index contributed by atoms with van der Waals surface area (Å²) in [6.07, 6.45) is 3.26. The summed E-state index contributed by atoms with van der Waals surface area (Å²) < 4.78 is 10.6. The van der Waals surface area contributed by atoms with Gasteiger partial charge in [-0.15, -0.1) is 0 Å². The first-order valence-electron chi connectivity index (χ1n) is 5.97. The molecule has 0 aliphatic carbocycles. The summed E-state index contributed by atoms with van der Waals surface area (Å²) in [6.45, 7) is 0. The molecule has 0 aliphatic rings. The number of nitrogen functional groups attached to an aromatic ring is 1. The predicted octanol–water partition coefficient (Wildman–Crippen LogP) is 2.39. The van der Waals surface area contributed by atoms with Gasteiger partial charge < -0.3 is 15.0 Å². The van der Waals surface area contributed by atoms with Crippen molar-refractivity contribution in [3.63, 3.8) is 0 Å². The van der Waals surface area contributed by atoms with Crippen LogP contribution in [0.1, 0.15) is 0 Å². The maximum absolute atomic E-state index is 5.92. The molecular weight excluding hydrogens is 256 g/mol. The van der Waals surface area contributed by atoms with Crippen LogP contribution < -0.4 is 10.5 Å². The fourth-order valence-corrected chi connectivity index (χ4v) is 1.98. The molecule has 3 rings (SSSR count). The normalized spacial score (nSPS) is 10.4. The minimum absolute atomic E-state index is 0.275. The van der Waals surface area contributed by atoms with Gasteiger partial charge >= 0.3 is 0 Å². The van der Waals surface area contributed by atoms with Crippen molar-refractivity contribution in [3.05, 3.63) is 42.7 Å². The highest BCUT2D eigenvalue weighted by atomic mass is 16.5. The van der Waals surface area contributed by atoms with Crippen LogP contribution in [-0.2, 0) is 0 Å². The van der Waals surface area contributed by atoms with Gasteiger partial charge in [-0.2, -0.15) is 0 Å². The number of aromatic nitrogens is 3. The zero-order valence-corrected chi connectivity index (χ0v) is 10.8. The summed E-state index contributed by atoms with van der Waals surface area (Å²) in [5.74, 6) is 1.81. The number of ether oxygens (including phenoxy) is 1. The molecule has 0 aliphatic heterocycles. The van der Waals surface area contributed by atoms with E-state index in [-0.39, 0.29) is 5.82 Å². The van der Waals surface area contributed by atoms with Gasteiger partial charge in [0.1, 0.15) is 5.75 Å². The molecule has 6 nitrogen and oxygen atoms in total. The fourth-order valence-electron chi connectivity index (χ4n) is 1.98. The molecule has 6 heteroatoms. The summed E-state index contributed by atoms with van der Waals surface area (Å²) in [5.41, 5.74) is 7.34. The number of nitrogens with zero attached hydrogens (tertiary/aromatic N) is 3. The Hall–Kier alpha value is -2.89. The number of methoxy groups -OCH3 is 1. The molecule has 0 spiro atoms. The first-order valence-corrected chi connectivity index (χ1v) is 5.97. The largest absolute Gasteiger partial charge is 0.496 e. The molecule has 20 heavy (non-hydrogen) atoms. The highest BCUT2D eigenvalue weighted by molar-refractivity contribution is 5.87. The van der Waals surface area contributed by atoms with Crippen molar-refractivity contribution in [1.82, 2.24) is 15.1 Å². The van der Waals surface area contributed by atoms with Crippen molar-refractivity contribution in [2.75, 3.05) is 12.8 Å². The van der Waals surface area contributed by atoms with E-state index in [1.807, 2.05) is 24.3 Å². The highest BCUT2D eigenvalue weighted by Crippen LogP contribution is 2.39. The molecule has 0 unspecified atom stereocenters. The molecule has 3 aromatic rings. The summed E-state index contributed by atoms with van der Waals surface area (Å²) in [4.78, 5) is 8.33. The molecule has 1 aromatic carbocycles. The van der Waals surface area contributed by atoms with E-state index in [1.165, 1.54) is 0 Å². The number of nitrogens with two attached hydrogens (primary N) is 1. The third-order valence-corrected chi connectivity index (χ3v) is 2.86. The standard InChI is InChI=1S/C14H12N4O2/c1-19-10-6-3-2-5-9(10)11-12(20-18-13(11)15)14-16-7-4-8-17-14/h2-8H,1H3,(H2,15,18). The third kappa shape index (κ3) is 1.97. The van der Waals surface area contributed by atoms with E-state index in [0.29, 0.717) is 22.9 Å². The Morgan fingerprint density at radius 3 is 2.60 bits per heavy atom. The van der Waals surface area contributed by atoms with Crippen LogP contribution in [0.4, 0.5) is 5.82 Å². The van der Waals surface area contributed by atoms with Gasteiger partial charge in [0.15, 0.2) is 11.6 Å². The molecule has 2 N–H and O–H groups in total. The lowest BCUT2D eigenvalue weighted by Crippen LogP contribution is -1.93. The average molecular weight is 268 g/mol. The maximum atomic E-state index is 5.92. The fraction of sp³-hybridized carbons (Fsp3) is 0.0714. The highest BCUT2D eigenvalue weighted by Gasteiger charge is 2.21. The van der Waals surface area contributed by atoms with Crippen molar-refractivity contribution in [1.29, 1.82) is 0 Å². The first kappa shape index (κ1) is 12.2. The van der Waals surface area contributed by atoms with Crippen LogP contribution >= 0.6 is 0 Å². The van der Waals surface area contributed by atoms with E-state index in [2.05, 4.69) is 15.1 Å². The SMILES string of the molecule is COc1ccccc1-c1c(N)noc1-c1ncccn1. The van der Waals surface area contributed by atoms with Crippen LogP contribution in [0.3, 0.4) is 0 Å². The second kappa shape index (κ2) is 5.00. The number of para-hydroxylation sites is 1. The van der Waals surface area contributed by atoms with E-state index in [1.54, 1.807) is 25.6 Å². The minimum Gasteiger partial charge on any atom is -0.496 e. The molecule has 0 atom stereocenters. The predicted molar refractivity (Wildman–Crippen MR) is 73.9 cm³/mol. The van der Waals surface area contributed by atoms with Gasteiger partial charge in [-0.3, -0.25) is 0 Å². The Kier molecular flexibility index (Phi) is 3.04. The molecule has 0 fully saturated rings. The van der Waals surface area contributed by atoms with Gasteiger partial charge in [0.05, 0.1) is 12.7 Å². The van der Waals surface area contributed by atoms with Gasteiger partial charge in [0.25, 0.3) is 0 Å². The van der Waals surface area contributed by atoms with Gasteiger partial charge in [0, 0.05) is 18.0 Å². The van der Waals surface area contributed by atoms with Crippen LogP contribution in [0.2, 0.25) is 0 Å². The lowest BCUT2D eigenvalue weighted by Gasteiger charge is -2.07. The van der Waals surface area contributed by atoms with Gasteiger partial charge in [-0.1, -0.05) is 23.4 Å². The average Bonchev–Trinajstić information content (AvgIpc) is 2.89. The summed E-state index contributed by atoms with van der Waals surface area (Å²) in [5, 5.41) is 3.81. The van der Waals surface area contributed by atoms with Crippen molar-refractivity contribution in [3.8, 4) is 28.5 Å². The third-order valence-electron chi connectivity index (χ3n) is 2.86. The molecular formula is C14H12N4O2. The van der Waals surface area contributed by atoms with Gasteiger partial charge in [-0.05, 0) is 12.1 Å². The van der Waals surface area contributed by atoms with Crippen molar-refractivity contribution < 1.29 is 9.26 Å². The number of hydrogen-bond acceptors (Lipinski definition) is 6. The Morgan fingerprint density at radius 2 is 1.85 bits per heavy atom. The van der Waals surface area contributed by atoms with Gasteiger partial charge in [0.2, 0.25) is 5.76 Å². The molecule has 0 bridgehead atoms. The van der Waals surface area contributed by atoms with E-state index < -0.39 is 0 Å². The summed E-state index contributed by atoms with van der Waals surface area (Å²) in [7, 11) is 1.60. The molecule has 0 amide bonds. The van der Waals surface area contributed by atoms with E-state index in [9.17, 15) is 0 Å². The summed E-state index contributed by atoms with van der Waals surface area (Å²) >= 11 is 0. The van der Waals surface area contributed by atoms with Crippen molar-refractivity contribution in [2.45, 2.75) is 0 Å². The molecule has 2 aromatic heterocycles. The van der Waals surface area contributed by atoms with Crippen molar-refractivity contribution >= 4 is 5.82 Å². The zero-order chi connectivity index (χ0) is 13.9. The molecule has 0 saturated carbocycles. The van der Waals surface area contributed by atoms with E-state index in [0.717, 1.165) is 5.56 Å². The molecule has 2 heterocycles. The maximum Gasteiger partial charge on any atom is 0.214 e. The van der Waals surface area contributed by atoms with Crippen LogP contribution in [-0.4, -0.2) is 22.2 Å². The minimum atomic E-state index is 0.275. The second-order valence-electron chi connectivity index (χ2n) is 4.04. The second-order valence-corrected chi connectivity index (χ2v) is 4.04. The first-order chi connectivity index (χ1) is 9.81. The number of hydrogen-bond donors (Lipinski definition) is 1. The van der Waals surface area contributed by atoms with Crippen LogP contribution in [0, 0.1) is 0 Å². The number of rotatable bonds is 3. The number of benzene rings is 1. The zero-order valence-electron chi connectivity index (χ0n) is 10.8. The Bertz CT molecular complexity index is 725.